The van der Waals surface area contributed by atoms with Gasteiger partial charge < -0.3 is 4.90 Å². The minimum atomic E-state index is -3.01. The molecule has 0 N–H and O–H groups in total. The zero-order chi connectivity index (χ0) is 15.0. The van der Waals surface area contributed by atoms with Crippen LogP contribution >= 0.6 is 0 Å². The van der Waals surface area contributed by atoms with Crippen LogP contribution in [0.15, 0.2) is 12.1 Å². The Morgan fingerprint density at radius 1 is 1.29 bits per heavy atom. The largest absolute Gasteiger partial charge is 0.333 e. The molecule has 2 heterocycles. The summed E-state index contributed by atoms with van der Waals surface area (Å²) in [5, 5.41) is 8.14. The van der Waals surface area contributed by atoms with E-state index in [0.717, 1.165) is 18.5 Å². The molecular weight excluding hydrogens is 290 g/mol. The van der Waals surface area contributed by atoms with Gasteiger partial charge in [0.2, 0.25) is 0 Å². The lowest BCUT2D eigenvalue weighted by molar-refractivity contribution is 0.0701. The second kappa shape index (κ2) is 5.36. The number of hydrogen-bond acceptors (Lipinski definition) is 5. The molecule has 1 saturated heterocycles. The van der Waals surface area contributed by atoms with Crippen molar-refractivity contribution in [2.75, 3.05) is 18.1 Å². The van der Waals surface area contributed by atoms with E-state index in [-0.39, 0.29) is 23.5 Å². The lowest BCUT2D eigenvalue weighted by Gasteiger charge is -2.26. The average molecular weight is 309 g/mol. The Labute approximate surface area is 124 Å². The van der Waals surface area contributed by atoms with Gasteiger partial charge in [-0.1, -0.05) is 0 Å². The van der Waals surface area contributed by atoms with E-state index < -0.39 is 9.84 Å². The van der Waals surface area contributed by atoms with Gasteiger partial charge in [-0.25, -0.2) is 8.42 Å². The van der Waals surface area contributed by atoms with E-state index in [1.54, 1.807) is 11.0 Å². The van der Waals surface area contributed by atoms with Gasteiger partial charge in [0, 0.05) is 18.5 Å². The summed E-state index contributed by atoms with van der Waals surface area (Å²) >= 11 is 0. The van der Waals surface area contributed by atoms with E-state index in [1.807, 2.05) is 13.0 Å². The standard InChI is InChI=1S/C14H19N3O3S/c1-2-17(11-7-8-21(19,20)9-11)14(18)13-6-5-12(15-16-13)10-3-4-10/h5-6,10-11H,2-4,7-9H2,1H3. The zero-order valence-corrected chi connectivity index (χ0v) is 12.8. The molecule has 1 unspecified atom stereocenters. The van der Waals surface area contributed by atoms with Crippen LogP contribution in [0.2, 0.25) is 0 Å². The Morgan fingerprint density at radius 3 is 2.52 bits per heavy atom. The summed E-state index contributed by atoms with van der Waals surface area (Å²) in [5.74, 6) is 0.492. The first kappa shape index (κ1) is 14.4. The number of nitrogens with zero attached hydrogens (tertiary/aromatic N) is 3. The predicted molar refractivity (Wildman–Crippen MR) is 77.8 cm³/mol. The molecule has 1 atom stereocenters. The van der Waals surface area contributed by atoms with Gasteiger partial charge in [0.05, 0.1) is 17.2 Å². The molecule has 1 saturated carbocycles. The highest BCUT2D eigenvalue weighted by molar-refractivity contribution is 7.91. The van der Waals surface area contributed by atoms with Crippen LogP contribution < -0.4 is 0 Å². The molecule has 1 amide bonds. The first-order chi connectivity index (χ1) is 10.00. The van der Waals surface area contributed by atoms with Crippen molar-refractivity contribution >= 4 is 15.7 Å². The molecule has 0 spiro atoms. The van der Waals surface area contributed by atoms with Crippen LogP contribution in [0.4, 0.5) is 0 Å². The highest BCUT2D eigenvalue weighted by atomic mass is 32.2. The van der Waals surface area contributed by atoms with Gasteiger partial charge in [-0.05, 0) is 38.3 Å². The molecule has 3 rings (SSSR count). The lowest BCUT2D eigenvalue weighted by Crippen LogP contribution is -2.41. The second-order valence-electron chi connectivity index (χ2n) is 5.77. The normalized spacial score (nSPS) is 24.0. The van der Waals surface area contributed by atoms with Gasteiger partial charge in [0.15, 0.2) is 15.5 Å². The van der Waals surface area contributed by atoms with Crippen LogP contribution in [0, 0.1) is 0 Å². The summed E-state index contributed by atoms with van der Waals surface area (Å²) < 4.78 is 23.2. The molecule has 1 aromatic heterocycles. The van der Waals surface area contributed by atoms with Crippen molar-refractivity contribution in [3.8, 4) is 0 Å². The van der Waals surface area contributed by atoms with Crippen molar-refractivity contribution in [2.24, 2.45) is 0 Å². The van der Waals surface area contributed by atoms with Crippen molar-refractivity contribution in [1.82, 2.24) is 15.1 Å². The highest BCUT2D eigenvalue weighted by Gasteiger charge is 2.35. The Morgan fingerprint density at radius 2 is 2.05 bits per heavy atom. The highest BCUT2D eigenvalue weighted by Crippen LogP contribution is 2.38. The molecule has 2 fully saturated rings. The summed E-state index contributed by atoms with van der Waals surface area (Å²) in [6.45, 7) is 2.33. The summed E-state index contributed by atoms with van der Waals surface area (Å²) in [7, 11) is -3.01. The fourth-order valence-corrected chi connectivity index (χ4v) is 4.52. The van der Waals surface area contributed by atoms with Crippen LogP contribution in [0.1, 0.15) is 48.3 Å². The van der Waals surface area contributed by atoms with E-state index in [0.29, 0.717) is 24.6 Å². The van der Waals surface area contributed by atoms with Gasteiger partial charge >= 0.3 is 0 Å². The maximum atomic E-state index is 12.5. The summed E-state index contributed by atoms with van der Waals surface area (Å²) in [4.78, 5) is 14.1. The molecule has 0 bridgehead atoms. The van der Waals surface area contributed by atoms with Crippen molar-refractivity contribution in [1.29, 1.82) is 0 Å². The third kappa shape index (κ3) is 3.07. The molecule has 2 aliphatic rings. The second-order valence-corrected chi connectivity index (χ2v) is 7.99. The van der Waals surface area contributed by atoms with Gasteiger partial charge in [-0.2, -0.15) is 5.10 Å². The van der Waals surface area contributed by atoms with Crippen LogP contribution in [-0.4, -0.2) is 53.5 Å². The van der Waals surface area contributed by atoms with E-state index in [9.17, 15) is 13.2 Å². The van der Waals surface area contributed by atoms with Gasteiger partial charge in [-0.3, -0.25) is 4.79 Å². The average Bonchev–Trinajstić information content (AvgIpc) is 3.25. The van der Waals surface area contributed by atoms with Crippen molar-refractivity contribution in [2.45, 2.75) is 38.1 Å². The van der Waals surface area contributed by atoms with Crippen molar-refractivity contribution < 1.29 is 13.2 Å². The SMILES string of the molecule is CCN(C(=O)c1ccc(C2CC2)nn1)C1CCS(=O)(=O)C1. The molecule has 1 aromatic rings. The first-order valence-corrected chi connectivity index (χ1v) is 9.17. The van der Waals surface area contributed by atoms with Gasteiger partial charge in [0.25, 0.3) is 5.91 Å². The molecule has 21 heavy (non-hydrogen) atoms. The van der Waals surface area contributed by atoms with E-state index in [1.165, 1.54) is 0 Å². The van der Waals surface area contributed by atoms with Crippen LogP contribution in [-0.2, 0) is 9.84 Å². The third-order valence-corrected chi connectivity index (χ3v) is 5.90. The van der Waals surface area contributed by atoms with Gasteiger partial charge in [0.1, 0.15) is 0 Å². The lowest BCUT2D eigenvalue weighted by atomic mass is 10.2. The predicted octanol–water partition coefficient (Wildman–Crippen LogP) is 1.00. The molecular formula is C14H19N3O3S. The maximum absolute atomic E-state index is 12.5. The molecule has 1 aliphatic carbocycles. The summed E-state index contributed by atoms with van der Waals surface area (Å²) in [5.41, 5.74) is 1.24. The molecule has 0 radical (unpaired) electrons. The monoisotopic (exact) mass is 309 g/mol. The number of hydrogen-bond donors (Lipinski definition) is 0. The molecule has 0 aromatic carbocycles. The van der Waals surface area contributed by atoms with E-state index in [2.05, 4.69) is 10.2 Å². The third-order valence-electron chi connectivity index (χ3n) is 4.15. The van der Waals surface area contributed by atoms with Crippen LogP contribution in [0.3, 0.4) is 0 Å². The van der Waals surface area contributed by atoms with Crippen LogP contribution in [0.5, 0.6) is 0 Å². The minimum absolute atomic E-state index is 0.0557. The Bertz CT molecular complexity index is 638. The first-order valence-electron chi connectivity index (χ1n) is 7.35. The Kier molecular flexibility index (Phi) is 3.69. The number of carbonyl (C=O) groups excluding carboxylic acids is 1. The molecule has 6 nitrogen and oxygen atoms in total. The molecule has 114 valence electrons. The molecule has 1 aliphatic heterocycles. The number of amides is 1. The van der Waals surface area contributed by atoms with Crippen molar-refractivity contribution in [3.05, 3.63) is 23.5 Å². The van der Waals surface area contributed by atoms with Crippen LogP contribution in [0.25, 0.3) is 0 Å². The van der Waals surface area contributed by atoms with Gasteiger partial charge in [-0.15, -0.1) is 5.10 Å². The fourth-order valence-electron chi connectivity index (χ4n) is 2.79. The number of sulfone groups is 1. The molecule has 7 heteroatoms. The Hall–Kier alpha value is -1.50. The topological polar surface area (TPSA) is 80.2 Å². The minimum Gasteiger partial charge on any atom is -0.333 e. The zero-order valence-electron chi connectivity index (χ0n) is 12.0. The number of aromatic nitrogens is 2. The number of carbonyl (C=O) groups is 1. The summed E-state index contributed by atoms with van der Waals surface area (Å²) in [6, 6.07) is 3.32. The fraction of sp³-hybridized carbons (Fsp3) is 0.643. The Balaban J connectivity index is 1.75. The quantitative estimate of drug-likeness (QED) is 0.829. The smallest absolute Gasteiger partial charge is 0.274 e. The van der Waals surface area contributed by atoms with Crippen molar-refractivity contribution in [3.63, 3.8) is 0 Å². The van der Waals surface area contributed by atoms with E-state index in [4.69, 9.17) is 0 Å². The van der Waals surface area contributed by atoms with E-state index >= 15 is 0 Å². The maximum Gasteiger partial charge on any atom is 0.274 e. The summed E-state index contributed by atoms with van der Waals surface area (Å²) in [6.07, 6.45) is 2.79. The number of rotatable bonds is 4.